The van der Waals surface area contributed by atoms with Gasteiger partial charge in [-0.05, 0) is 30.7 Å². The highest BCUT2D eigenvalue weighted by Gasteiger charge is 2.24. The minimum atomic E-state index is -0.0804. The van der Waals surface area contributed by atoms with Gasteiger partial charge in [-0.25, -0.2) is 15.0 Å². The van der Waals surface area contributed by atoms with E-state index in [4.69, 9.17) is 15.2 Å². The van der Waals surface area contributed by atoms with Crippen LogP contribution in [-0.2, 0) is 0 Å². The van der Waals surface area contributed by atoms with Crippen molar-refractivity contribution < 1.29 is 9.47 Å². The van der Waals surface area contributed by atoms with Gasteiger partial charge in [0.25, 0.3) is 0 Å². The van der Waals surface area contributed by atoms with Crippen LogP contribution in [-0.4, -0.2) is 40.8 Å². The molecule has 0 fully saturated rings. The normalized spacial score (nSPS) is 15.8. The summed E-state index contributed by atoms with van der Waals surface area (Å²) in [6.07, 6.45) is 2.43. The van der Waals surface area contributed by atoms with E-state index in [2.05, 4.69) is 26.8 Å². The van der Waals surface area contributed by atoms with Crippen molar-refractivity contribution in [3.63, 3.8) is 0 Å². The zero-order valence-electron chi connectivity index (χ0n) is 14.6. The molecule has 1 atom stereocenters. The van der Waals surface area contributed by atoms with E-state index in [0.29, 0.717) is 24.6 Å². The Morgan fingerprint density at radius 2 is 2.00 bits per heavy atom. The maximum absolute atomic E-state index is 6.12. The Morgan fingerprint density at radius 3 is 2.85 bits per heavy atom. The zero-order valence-corrected chi connectivity index (χ0v) is 14.6. The monoisotopic (exact) mass is 351 g/mol. The molecule has 134 valence electrons. The second kappa shape index (κ2) is 7.03. The summed E-state index contributed by atoms with van der Waals surface area (Å²) in [7, 11) is 0. The third-order valence-corrected chi connectivity index (χ3v) is 4.28. The fraction of sp³-hybridized carbons (Fsp3) is 0.316. The van der Waals surface area contributed by atoms with Crippen LogP contribution in [0, 0.1) is 0 Å². The third kappa shape index (κ3) is 3.20. The summed E-state index contributed by atoms with van der Waals surface area (Å²) in [5, 5.41) is 0.882. The average molecular weight is 351 g/mol. The quantitative estimate of drug-likeness (QED) is 0.756. The number of para-hydroxylation sites is 2. The van der Waals surface area contributed by atoms with Crippen molar-refractivity contribution in [3.8, 4) is 11.5 Å². The molecule has 1 aliphatic rings. The van der Waals surface area contributed by atoms with Crippen molar-refractivity contribution in [1.29, 1.82) is 0 Å². The first-order chi connectivity index (χ1) is 12.7. The molecule has 7 heteroatoms. The van der Waals surface area contributed by atoms with Crippen molar-refractivity contribution >= 4 is 22.7 Å². The Bertz CT molecular complexity index is 917. The summed E-state index contributed by atoms with van der Waals surface area (Å²) in [5.41, 5.74) is 6.38. The number of pyridine rings is 1. The number of ether oxygens (including phenoxy) is 2. The number of anilines is 2. The fourth-order valence-electron chi connectivity index (χ4n) is 3.15. The first-order valence-electron chi connectivity index (χ1n) is 8.75. The van der Waals surface area contributed by atoms with Gasteiger partial charge in [-0.1, -0.05) is 19.1 Å². The van der Waals surface area contributed by atoms with Gasteiger partial charge in [-0.3, -0.25) is 0 Å². The predicted octanol–water partition coefficient (Wildman–Crippen LogP) is 2.66. The predicted molar refractivity (Wildman–Crippen MR) is 101 cm³/mol. The van der Waals surface area contributed by atoms with E-state index >= 15 is 0 Å². The summed E-state index contributed by atoms with van der Waals surface area (Å²) < 4.78 is 12.0. The highest BCUT2D eigenvalue weighted by molar-refractivity contribution is 5.87. The molecule has 3 aromatic rings. The molecule has 1 aromatic carbocycles. The zero-order chi connectivity index (χ0) is 17.9. The van der Waals surface area contributed by atoms with Gasteiger partial charge in [0.15, 0.2) is 23.3 Å². The second-order valence-electron chi connectivity index (χ2n) is 6.25. The lowest BCUT2D eigenvalue weighted by Crippen LogP contribution is -2.41. The molecule has 1 unspecified atom stereocenters. The lowest BCUT2D eigenvalue weighted by atomic mass is 10.2. The number of hydrogen-bond acceptors (Lipinski definition) is 7. The summed E-state index contributed by atoms with van der Waals surface area (Å²) in [6.45, 7) is 4.16. The van der Waals surface area contributed by atoms with Crippen LogP contribution in [0.4, 0.5) is 11.6 Å². The Morgan fingerprint density at radius 1 is 1.15 bits per heavy atom. The number of aromatic nitrogens is 3. The maximum Gasteiger partial charge on any atom is 0.166 e. The van der Waals surface area contributed by atoms with Crippen molar-refractivity contribution in [1.82, 2.24) is 15.0 Å². The topological polar surface area (TPSA) is 86.4 Å². The van der Waals surface area contributed by atoms with E-state index in [0.717, 1.165) is 35.7 Å². The number of nitrogen functional groups attached to an aromatic ring is 1. The summed E-state index contributed by atoms with van der Waals surface area (Å²) in [4.78, 5) is 15.2. The van der Waals surface area contributed by atoms with Crippen LogP contribution >= 0.6 is 0 Å². The molecule has 0 saturated carbocycles. The second-order valence-corrected chi connectivity index (χ2v) is 6.25. The van der Waals surface area contributed by atoms with Crippen LogP contribution < -0.4 is 20.1 Å². The van der Waals surface area contributed by atoms with Gasteiger partial charge in [-0.15, -0.1) is 0 Å². The smallest absolute Gasteiger partial charge is 0.166 e. The molecular formula is C19H21N5O2. The molecule has 0 radical (unpaired) electrons. The largest absolute Gasteiger partial charge is 0.486 e. The van der Waals surface area contributed by atoms with Gasteiger partial charge in [0.2, 0.25) is 0 Å². The molecule has 1 aliphatic heterocycles. The maximum atomic E-state index is 6.12. The average Bonchev–Trinajstić information content (AvgIpc) is 2.67. The number of nitrogens with two attached hydrogens (primary N) is 1. The van der Waals surface area contributed by atoms with Crippen molar-refractivity contribution in [2.24, 2.45) is 0 Å². The molecule has 2 N–H and O–H groups in total. The van der Waals surface area contributed by atoms with Crippen LogP contribution in [0.5, 0.6) is 11.5 Å². The van der Waals surface area contributed by atoms with Crippen molar-refractivity contribution in [3.05, 3.63) is 42.7 Å². The molecule has 4 rings (SSSR count). The van der Waals surface area contributed by atoms with Gasteiger partial charge in [-0.2, -0.15) is 0 Å². The van der Waals surface area contributed by atoms with Crippen molar-refractivity contribution in [2.45, 2.75) is 19.4 Å². The summed E-state index contributed by atoms with van der Waals surface area (Å²) in [5.74, 6) is 2.86. The Labute approximate surface area is 151 Å². The Hall–Kier alpha value is -3.09. The highest BCUT2D eigenvalue weighted by Crippen LogP contribution is 2.32. The first-order valence-corrected chi connectivity index (χ1v) is 8.75. The van der Waals surface area contributed by atoms with Gasteiger partial charge in [0, 0.05) is 6.54 Å². The molecule has 0 amide bonds. The standard InChI is InChI=1S/C19H21N5O2/c1-2-9-24(10-13-11-25-15-5-3-4-6-16(15)26-13)19-14-7-8-17(20)23-18(14)21-12-22-19/h3-8,12-13H,2,9-11H2,1H3,(H2,20,21,22,23). The summed E-state index contributed by atoms with van der Waals surface area (Å²) in [6, 6.07) is 11.4. The van der Waals surface area contributed by atoms with Crippen LogP contribution in [0.2, 0.25) is 0 Å². The van der Waals surface area contributed by atoms with Gasteiger partial charge in [0.1, 0.15) is 24.6 Å². The van der Waals surface area contributed by atoms with E-state index in [1.807, 2.05) is 30.3 Å². The molecule has 2 aromatic heterocycles. The molecular weight excluding hydrogens is 330 g/mol. The van der Waals surface area contributed by atoms with E-state index in [9.17, 15) is 0 Å². The lowest BCUT2D eigenvalue weighted by molar-refractivity contribution is 0.0951. The number of hydrogen-bond donors (Lipinski definition) is 1. The fourth-order valence-corrected chi connectivity index (χ4v) is 3.15. The molecule has 26 heavy (non-hydrogen) atoms. The van der Waals surface area contributed by atoms with E-state index in [1.54, 1.807) is 6.07 Å². The van der Waals surface area contributed by atoms with Crippen molar-refractivity contribution in [2.75, 3.05) is 30.3 Å². The molecule has 7 nitrogen and oxygen atoms in total. The molecule has 0 aliphatic carbocycles. The Kier molecular flexibility index (Phi) is 4.43. The lowest BCUT2D eigenvalue weighted by Gasteiger charge is -2.32. The number of rotatable bonds is 5. The van der Waals surface area contributed by atoms with Crippen LogP contribution in [0.3, 0.4) is 0 Å². The van der Waals surface area contributed by atoms with Gasteiger partial charge in [0.05, 0.1) is 11.9 Å². The van der Waals surface area contributed by atoms with E-state index in [-0.39, 0.29) is 6.10 Å². The van der Waals surface area contributed by atoms with E-state index < -0.39 is 0 Å². The Balaban J connectivity index is 1.61. The molecule has 0 saturated heterocycles. The van der Waals surface area contributed by atoms with Crippen LogP contribution in [0.1, 0.15) is 13.3 Å². The number of benzene rings is 1. The van der Waals surface area contributed by atoms with Gasteiger partial charge < -0.3 is 20.1 Å². The number of nitrogens with zero attached hydrogens (tertiary/aromatic N) is 4. The van der Waals surface area contributed by atoms with Crippen LogP contribution in [0.25, 0.3) is 11.0 Å². The van der Waals surface area contributed by atoms with Crippen LogP contribution in [0.15, 0.2) is 42.7 Å². The summed E-state index contributed by atoms with van der Waals surface area (Å²) >= 11 is 0. The molecule has 0 bridgehead atoms. The highest BCUT2D eigenvalue weighted by atomic mass is 16.6. The third-order valence-electron chi connectivity index (χ3n) is 4.28. The van der Waals surface area contributed by atoms with E-state index in [1.165, 1.54) is 6.33 Å². The first kappa shape index (κ1) is 16.4. The molecule has 3 heterocycles. The number of fused-ring (bicyclic) bond motifs is 2. The SMILES string of the molecule is CCCN(CC1COc2ccccc2O1)c1ncnc2nc(N)ccc12. The minimum absolute atomic E-state index is 0.0804. The minimum Gasteiger partial charge on any atom is -0.486 e. The molecule has 0 spiro atoms. The van der Waals surface area contributed by atoms with Gasteiger partial charge >= 0.3 is 0 Å².